The highest BCUT2D eigenvalue weighted by Gasteiger charge is 2.37. The Balaban J connectivity index is 2.01. The second kappa shape index (κ2) is 4.66. The molecule has 2 heteroatoms. The average Bonchev–Trinajstić information content (AvgIpc) is 2.69. The van der Waals surface area contributed by atoms with Crippen molar-refractivity contribution in [1.29, 1.82) is 0 Å². The zero-order valence-electron chi connectivity index (χ0n) is 11.4. The fourth-order valence-corrected chi connectivity index (χ4v) is 3.33. The molecular weight excluding hydrogens is 196 g/mol. The van der Waals surface area contributed by atoms with E-state index in [2.05, 4.69) is 37.9 Å². The molecule has 0 aromatic rings. The molecule has 1 aliphatic carbocycles. The third-order valence-electron chi connectivity index (χ3n) is 4.84. The third-order valence-corrected chi connectivity index (χ3v) is 4.84. The van der Waals surface area contributed by atoms with Crippen LogP contribution >= 0.6 is 0 Å². The maximum absolute atomic E-state index is 3.72. The summed E-state index contributed by atoms with van der Waals surface area (Å²) in [6, 6.07) is 1.58. The van der Waals surface area contributed by atoms with E-state index >= 15 is 0 Å². The number of nitrogens with one attached hydrogen (secondary N) is 1. The molecule has 94 valence electrons. The number of rotatable bonds is 2. The van der Waals surface area contributed by atoms with Crippen LogP contribution in [0, 0.1) is 5.92 Å². The normalized spacial score (nSPS) is 46.1. The summed E-state index contributed by atoms with van der Waals surface area (Å²) in [6.07, 6.45) is 5.51. The molecule has 0 amide bonds. The molecule has 1 heterocycles. The molecule has 2 nitrogen and oxygen atoms in total. The van der Waals surface area contributed by atoms with E-state index in [0.717, 1.165) is 24.5 Å². The van der Waals surface area contributed by atoms with Gasteiger partial charge in [0.1, 0.15) is 0 Å². The molecule has 1 saturated heterocycles. The first kappa shape index (κ1) is 12.4. The highest BCUT2D eigenvalue weighted by molar-refractivity contribution is 4.96. The molecule has 0 spiro atoms. The van der Waals surface area contributed by atoms with Crippen molar-refractivity contribution in [3.05, 3.63) is 0 Å². The lowest BCUT2D eigenvalue weighted by Crippen LogP contribution is -2.63. The SMILES string of the molecule is CCC1(C)CN(C2CCC(C)C2)C(C)CN1. The Labute approximate surface area is 101 Å². The van der Waals surface area contributed by atoms with Crippen molar-refractivity contribution in [2.24, 2.45) is 5.92 Å². The number of nitrogens with zero attached hydrogens (tertiary/aromatic N) is 1. The van der Waals surface area contributed by atoms with Gasteiger partial charge in [0.15, 0.2) is 0 Å². The zero-order valence-corrected chi connectivity index (χ0v) is 11.4. The van der Waals surface area contributed by atoms with E-state index < -0.39 is 0 Å². The quantitative estimate of drug-likeness (QED) is 0.776. The second-order valence-corrected chi connectivity index (χ2v) is 6.39. The summed E-state index contributed by atoms with van der Waals surface area (Å²) in [5.41, 5.74) is 0.346. The summed E-state index contributed by atoms with van der Waals surface area (Å²) in [7, 11) is 0. The van der Waals surface area contributed by atoms with Gasteiger partial charge in [0.2, 0.25) is 0 Å². The molecule has 2 fully saturated rings. The van der Waals surface area contributed by atoms with Crippen molar-refractivity contribution >= 4 is 0 Å². The summed E-state index contributed by atoms with van der Waals surface area (Å²) in [6.45, 7) is 11.9. The van der Waals surface area contributed by atoms with E-state index in [1.807, 2.05) is 0 Å². The van der Waals surface area contributed by atoms with Crippen LogP contribution in [0.4, 0.5) is 0 Å². The van der Waals surface area contributed by atoms with Gasteiger partial charge >= 0.3 is 0 Å². The zero-order chi connectivity index (χ0) is 11.8. The Hall–Kier alpha value is -0.0800. The predicted octanol–water partition coefficient (Wildman–Crippen LogP) is 2.64. The van der Waals surface area contributed by atoms with E-state index in [0.29, 0.717) is 5.54 Å². The van der Waals surface area contributed by atoms with E-state index in [4.69, 9.17) is 0 Å². The first-order chi connectivity index (χ1) is 7.54. The van der Waals surface area contributed by atoms with Crippen molar-refractivity contribution < 1.29 is 0 Å². The lowest BCUT2D eigenvalue weighted by molar-refractivity contribution is 0.0545. The topological polar surface area (TPSA) is 15.3 Å². The van der Waals surface area contributed by atoms with Crippen LogP contribution in [0.15, 0.2) is 0 Å². The van der Waals surface area contributed by atoms with E-state index in [-0.39, 0.29) is 0 Å². The maximum atomic E-state index is 3.72. The summed E-state index contributed by atoms with van der Waals surface area (Å²) < 4.78 is 0. The minimum Gasteiger partial charge on any atom is -0.309 e. The summed E-state index contributed by atoms with van der Waals surface area (Å²) in [5, 5.41) is 3.72. The highest BCUT2D eigenvalue weighted by Crippen LogP contribution is 2.32. The molecule has 4 unspecified atom stereocenters. The van der Waals surface area contributed by atoms with E-state index in [9.17, 15) is 0 Å². The van der Waals surface area contributed by atoms with Crippen molar-refractivity contribution in [1.82, 2.24) is 10.2 Å². The van der Waals surface area contributed by atoms with Crippen LogP contribution < -0.4 is 5.32 Å². The van der Waals surface area contributed by atoms with Crippen LogP contribution in [0.25, 0.3) is 0 Å². The van der Waals surface area contributed by atoms with Gasteiger partial charge in [0.05, 0.1) is 0 Å². The fraction of sp³-hybridized carbons (Fsp3) is 1.00. The van der Waals surface area contributed by atoms with Gasteiger partial charge in [-0.3, -0.25) is 4.90 Å². The molecule has 0 aromatic carbocycles. The van der Waals surface area contributed by atoms with Gasteiger partial charge in [-0.25, -0.2) is 0 Å². The first-order valence-electron chi connectivity index (χ1n) is 7.05. The van der Waals surface area contributed by atoms with Crippen molar-refractivity contribution in [3.63, 3.8) is 0 Å². The Morgan fingerprint density at radius 3 is 2.62 bits per heavy atom. The summed E-state index contributed by atoms with van der Waals surface area (Å²) in [5.74, 6) is 0.944. The molecule has 4 atom stereocenters. The van der Waals surface area contributed by atoms with Crippen molar-refractivity contribution in [3.8, 4) is 0 Å². The maximum Gasteiger partial charge on any atom is 0.0278 e. The van der Waals surface area contributed by atoms with E-state index in [1.165, 1.54) is 32.2 Å². The van der Waals surface area contributed by atoms with E-state index in [1.54, 1.807) is 0 Å². The van der Waals surface area contributed by atoms with Gasteiger partial charge in [-0.2, -0.15) is 0 Å². The molecule has 2 rings (SSSR count). The summed E-state index contributed by atoms with van der Waals surface area (Å²) in [4.78, 5) is 2.78. The molecule has 0 bridgehead atoms. The van der Waals surface area contributed by atoms with Crippen LogP contribution in [0.3, 0.4) is 0 Å². The largest absolute Gasteiger partial charge is 0.309 e. The van der Waals surface area contributed by atoms with Crippen LogP contribution in [0.2, 0.25) is 0 Å². The van der Waals surface area contributed by atoms with Gasteiger partial charge in [-0.15, -0.1) is 0 Å². The highest BCUT2D eigenvalue weighted by atomic mass is 15.3. The minimum absolute atomic E-state index is 0.346. The third kappa shape index (κ3) is 2.43. The number of hydrogen-bond donors (Lipinski definition) is 1. The monoisotopic (exact) mass is 224 g/mol. The van der Waals surface area contributed by atoms with Gasteiger partial charge in [-0.1, -0.05) is 13.8 Å². The van der Waals surface area contributed by atoms with Crippen LogP contribution in [-0.2, 0) is 0 Å². The molecule has 16 heavy (non-hydrogen) atoms. The van der Waals surface area contributed by atoms with Crippen LogP contribution in [0.5, 0.6) is 0 Å². The Morgan fingerprint density at radius 2 is 2.06 bits per heavy atom. The summed E-state index contributed by atoms with van der Waals surface area (Å²) >= 11 is 0. The molecule has 1 N–H and O–H groups in total. The molecule has 2 aliphatic rings. The first-order valence-corrected chi connectivity index (χ1v) is 7.05. The van der Waals surface area contributed by atoms with Gasteiger partial charge < -0.3 is 5.32 Å². The standard InChI is InChI=1S/C14H28N2/c1-5-14(4)10-16(12(3)9-15-14)13-7-6-11(2)8-13/h11-13,15H,5-10H2,1-4H3. The average molecular weight is 224 g/mol. The minimum atomic E-state index is 0.346. The Kier molecular flexibility index (Phi) is 3.60. The molecule has 1 aliphatic heterocycles. The predicted molar refractivity (Wildman–Crippen MR) is 69.7 cm³/mol. The van der Waals surface area contributed by atoms with Crippen molar-refractivity contribution in [2.75, 3.05) is 13.1 Å². The Morgan fingerprint density at radius 1 is 1.31 bits per heavy atom. The molecule has 0 radical (unpaired) electrons. The lowest BCUT2D eigenvalue weighted by Gasteiger charge is -2.47. The number of piperazine rings is 1. The lowest BCUT2D eigenvalue weighted by atomic mass is 9.92. The van der Waals surface area contributed by atoms with Gasteiger partial charge in [0.25, 0.3) is 0 Å². The number of hydrogen-bond acceptors (Lipinski definition) is 2. The smallest absolute Gasteiger partial charge is 0.0278 e. The van der Waals surface area contributed by atoms with Crippen molar-refractivity contribution in [2.45, 2.75) is 71.0 Å². The van der Waals surface area contributed by atoms with Crippen LogP contribution in [-0.4, -0.2) is 35.6 Å². The van der Waals surface area contributed by atoms with Gasteiger partial charge in [0, 0.05) is 30.7 Å². The molecule has 0 aromatic heterocycles. The molecule has 1 saturated carbocycles. The fourth-order valence-electron chi connectivity index (χ4n) is 3.33. The van der Waals surface area contributed by atoms with Gasteiger partial charge in [-0.05, 0) is 45.4 Å². The Bertz CT molecular complexity index is 241. The molecular formula is C14H28N2. The second-order valence-electron chi connectivity index (χ2n) is 6.39. The van der Waals surface area contributed by atoms with Crippen LogP contribution in [0.1, 0.15) is 53.4 Å².